The molecule has 0 aliphatic rings. The summed E-state index contributed by atoms with van der Waals surface area (Å²) in [7, 11) is 0. The Morgan fingerprint density at radius 2 is 2.00 bits per heavy atom. The van der Waals surface area contributed by atoms with Gasteiger partial charge >= 0.3 is 0 Å². The first-order valence-corrected chi connectivity index (χ1v) is 7.47. The predicted octanol–water partition coefficient (Wildman–Crippen LogP) is 3.89. The van der Waals surface area contributed by atoms with E-state index in [2.05, 4.69) is 18.0 Å². The van der Waals surface area contributed by atoms with Gasteiger partial charge < -0.3 is 5.73 Å². The standard InChI is InChI=1S/C13H15N3S2/c1-4-5-9-11(15)10(6-14)18-13(9)12-7(2)16-8(3)17-12/h4-5,15H2,1-3H3. The van der Waals surface area contributed by atoms with E-state index in [1.165, 1.54) is 11.3 Å². The molecule has 0 unspecified atom stereocenters. The van der Waals surface area contributed by atoms with Crippen LogP contribution in [0.15, 0.2) is 0 Å². The number of nitrogens with two attached hydrogens (primary N) is 1. The normalized spacial score (nSPS) is 10.6. The van der Waals surface area contributed by atoms with Gasteiger partial charge in [-0.25, -0.2) is 4.98 Å². The first-order valence-electron chi connectivity index (χ1n) is 5.84. The number of nitrogens with zero attached hydrogens (tertiary/aromatic N) is 2. The molecule has 0 aliphatic carbocycles. The third-order valence-corrected chi connectivity index (χ3v) is 5.15. The van der Waals surface area contributed by atoms with Crippen molar-refractivity contribution in [1.82, 2.24) is 4.98 Å². The summed E-state index contributed by atoms with van der Waals surface area (Å²) in [6.45, 7) is 6.14. The molecule has 0 bridgehead atoms. The van der Waals surface area contributed by atoms with Crippen molar-refractivity contribution in [3.63, 3.8) is 0 Å². The molecule has 2 aromatic heterocycles. The zero-order valence-electron chi connectivity index (χ0n) is 10.7. The Bertz CT molecular complexity index is 617. The zero-order chi connectivity index (χ0) is 13.3. The third kappa shape index (κ3) is 2.14. The maximum atomic E-state index is 9.11. The van der Waals surface area contributed by atoms with Crippen LogP contribution in [0.25, 0.3) is 9.75 Å². The van der Waals surface area contributed by atoms with Crippen molar-refractivity contribution in [1.29, 1.82) is 5.26 Å². The Labute approximate surface area is 115 Å². The fourth-order valence-electron chi connectivity index (χ4n) is 1.98. The van der Waals surface area contributed by atoms with Crippen molar-refractivity contribution in [3.05, 3.63) is 21.1 Å². The Kier molecular flexibility index (Phi) is 3.69. The number of aromatic nitrogens is 1. The van der Waals surface area contributed by atoms with E-state index in [0.29, 0.717) is 10.6 Å². The van der Waals surface area contributed by atoms with Crippen LogP contribution in [0.2, 0.25) is 0 Å². The van der Waals surface area contributed by atoms with Gasteiger partial charge in [-0.05, 0) is 25.8 Å². The van der Waals surface area contributed by atoms with Gasteiger partial charge in [-0.3, -0.25) is 0 Å². The van der Waals surface area contributed by atoms with Crippen LogP contribution in [0.3, 0.4) is 0 Å². The molecule has 0 fully saturated rings. The van der Waals surface area contributed by atoms with Crippen molar-refractivity contribution in [2.24, 2.45) is 0 Å². The fraction of sp³-hybridized carbons (Fsp3) is 0.385. The molecule has 3 nitrogen and oxygen atoms in total. The quantitative estimate of drug-likeness (QED) is 0.925. The average molecular weight is 277 g/mol. The van der Waals surface area contributed by atoms with Gasteiger partial charge in [-0.2, -0.15) is 5.26 Å². The van der Waals surface area contributed by atoms with Crippen molar-refractivity contribution < 1.29 is 0 Å². The van der Waals surface area contributed by atoms with Gasteiger partial charge in [0, 0.05) is 0 Å². The molecule has 2 heterocycles. The number of aryl methyl sites for hydroxylation is 2. The third-order valence-electron chi connectivity index (χ3n) is 2.76. The number of nitrogen functional groups attached to an aromatic ring is 1. The minimum absolute atomic E-state index is 0.624. The summed E-state index contributed by atoms with van der Waals surface area (Å²) in [5.41, 5.74) is 8.87. The largest absolute Gasteiger partial charge is 0.397 e. The van der Waals surface area contributed by atoms with E-state index < -0.39 is 0 Å². The lowest BCUT2D eigenvalue weighted by Crippen LogP contribution is -1.93. The molecule has 2 aromatic rings. The van der Waals surface area contributed by atoms with Gasteiger partial charge in [0.2, 0.25) is 0 Å². The van der Waals surface area contributed by atoms with Crippen molar-refractivity contribution in [2.45, 2.75) is 33.6 Å². The van der Waals surface area contributed by atoms with Crippen LogP contribution in [-0.2, 0) is 6.42 Å². The molecule has 0 aromatic carbocycles. The molecule has 0 aliphatic heterocycles. The molecule has 0 radical (unpaired) electrons. The van der Waals surface area contributed by atoms with Crippen molar-refractivity contribution in [3.8, 4) is 15.8 Å². The lowest BCUT2D eigenvalue weighted by atomic mass is 10.1. The second-order valence-corrected chi connectivity index (χ2v) is 6.39. The molecule has 2 rings (SSSR count). The Balaban J connectivity index is 2.63. The zero-order valence-corrected chi connectivity index (χ0v) is 12.3. The SMILES string of the molecule is CCCc1c(-c2sc(C)nc2C)sc(C#N)c1N. The number of anilines is 1. The Morgan fingerprint density at radius 3 is 2.50 bits per heavy atom. The fourth-order valence-corrected chi connectivity index (χ4v) is 4.18. The predicted molar refractivity (Wildman–Crippen MR) is 78.0 cm³/mol. The highest BCUT2D eigenvalue weighted by atomic mass is 32.1. The van der Waals surface area contributed by atoms with Crippen LogP contribution >= 0.6 is 22.7 Å². The number of thiophene rings is 1. The van der Waals surface area contributed by atoms with Crippen LogP contribution in [0.4, 0.5) is 5.69 Å². The second kappa shape index (κ2) is 5.09. The van der Waals surface area contributed by atoms with Crippen LogP contribution in [-0.4, -0.2) is 4.98 Å². The highest BCUT2D eigenvalue weighted by Gasteiger charge is 2.19. The minimum Gasteiger partial charge on any atom is -0.397 e. The smallest absolute Gasteiger partial charge is 0.128 e. The lowest BCUT2D eigenvalue weighted by molar-refractivity contribution is 0.930. The second-order valence-electron chi connectivity index (χ2n) is 4.16. The van der Waals surface area contributed by atoms with Crippen LogP contribution in [0, 0.1) is 25.2 Å². The van der Waals surface area contributed by atoms with Crippen molar-refractivity contribution in [2.75, 3.05) is 5.73 Å². The Morgan fingerprint density at radius 1 is 1.28 bits per heavy atom. The summed E-state index contributed by atoms with van der Waals surface area (Å²) in [6, 6.07) is 2.19. The van der Waals surface area contributed by atoms with Gasteiger partial charge in [0.1, 0.15) is 10.9 Å². The van der Waals surface area contributed by atoms with Crippen LogP contribution in [0.1, 0.15) is 34.5 Å². The minimum atomic E-state index is 0.624. The summed E-state index contributed by atoms with van der Waals surface area (Å²) in [5, 5.41) is 10.2. The molecule has 2 N–H and O–H groups in total. The van der Waals surface area contributed by atoms with E-state index in [9.17, 15) is 0 Å². The van der Waals surface area contributed by atoms with E-state index in [-0.39, 0.29) is 0 Å². The molecule has 0 saturated heterocycles. The summed E-state index contributed by atoms with van der Waals surface area (Å²) >= 11 is 3.17. The first-order chi connectivity index (χ1) is 8.58. The molecule has 0 saturated carbocycles. The number of rotatable bonds is 3. The highest BCUT2D eigenvalue weighted by Crippen LogP contribution is 2.42. The molecule has 5 heteroatoms. The lowest BCUT2D eigenvalue weighted by Gasteiger charge is -2.02. The molecule has 18 heavy (non-hydrogen) atoms. The van der Waals surface area contributed by atoms with Gasteiger partial charge in [-0.1, -0.05) is 13.3 Å². The molecule has 0 amide bonds. The van der Waals surface area contributed by atoms with E-state index in [0.717, 1.165) is 38.9 Å². The van der Waals surface area contributed by atoms with Crippen LogP contribution in [0.5, 0.6) is 0 Å². The summed E-state index contributed by atoms with van der Waals surface area (Å²) < 4.78 is 0. The number of nitriles is 1. The molecule has 0 spiro atoms. The van der Waals surface area contributed by atoms with E-state index in [4.69, 9.17) is 11.0 Å². The molecular formula is C13H15N3S2. The number of thiazole rings is 1. The van der Waals surface area contributed by atoms with Gasteiger partial charge in [0.25, 0.3) is 0 Å². The first kappa shape index (κ1) is 13.1. The van der Waals surface area contributed by atoms with Crippen molar-refractivity contribution >= 4 is 28.4 Å². The summed E-state index contributed by atoms with van der Waals surface area (Å²) in [6.07, 6.45) is 1.94. The molecule has 0 atom stereocenters. The topological polar surface area (TPSA) is 62.7 Å². The monoisotopic (exact) mass is 277 g/mol. The summed E-state index contributed by atoms with van der Waals surface area (Å²) in [5.74, 6) is 0. The van der Waals surface area contributed by atoms with Crippen LogP contribution < -0.4 is 5.73 Å². The van der Waals surface area contributed by atoms with Gasteiger partial charge in [0.05, 0.1) is 26.1 Å². The van der Waals surface area contributed by atoms with Gasteiger partial charge in [-0.15, -0.1) is 22.7 Å². The average Bonchev–Trinajstić information content (AvgIpc) is 2.81. The Hall–Kier alpha value is -1.38. The maximum absolute atomic E-state index is 9.11. The van der Waals surface area contributed by atoms with E-state index in [1.54, 1.807) is 11.3 Å². The molecule has 94 valence electrons. The van der Waals surface area contributed by atoms with E-state index in [1.807, 2.05) is 13.8 Å². The number of hydrogen-bond acceptors (Lipinski definition) is 5. The van der Waals surface area contributed by atoms with E-state index >= 15 is 0 Å². The maximum Gasteiger partial charge on any atom is 0.128 e. The highest BCUT2D eigenvalue weighted by molar-refractivity contribution is 7.22. The molecular weight excluding hydrogens is 262 g/mol. The summed E-state index contributed by atoms with van der Waals surface area (Å²) in [4.78, 5) is 7.37. The number of hydrogen-bond donors (Lipinski definition) is 1. The van der Waals surface area contributed by atoms with Gasteiger partial charge in [0.15, 0.2) is 0 Å².